The number of carbonyl (C=O) groups excluding carboxylic acids is 1. The number of amides is 1. The van der Waals surface area contributed by atoms with Crippen molar-refractivity contribution in [3.8, 4) is 0 Å². The molecule has 2 unspecified atom stereocenters. The number of halogens is 1. The van der Waals surface area contributed by atoms with Crippen molar-refractivity contribution in [1.29, 1.82) is 0 Å². The minimum absolute atomic E-state index is 0.0205. The monoisotopic (exact) mass is 313 g/mol. The molecule has 0 saturated carbocycles. The molecule has 1 amide bonds. The number of nitrogens with zero attached hydrogens (tertiary/aromatic N) is 1. The minimum atomic E-state index is -4.65. The molecule has 0 aromatic heterocycles. The van der Waals surface area contributed by atoms with Gasteiger partial charge in [-0.2, -0.15) is 20.2 Å². The summed E-state index contributed by atoms with van der Waals surface area (Å²) in [5, 5.41) is 9.10. The van der Waals surface area contributed by atoms with Gasteiger partial charge in [0.15, 0.2) is 0 Å². The highest BCUT2D eigenvalue weighted by molar-refractivity contribution is 7.98. The van der Waals surface area contributed by atoms with E-state index in [0.29, 0.717) is 5.75 Å². The first-order valence-corrected chi connectivity index (χ1v) is 8.62. The van der Waals surface area contributed by atoms with Crippen LogP contribution in [0.1, 0.15) is 12.8 Å². The van der Waals surface area contributed by atoms with Crippen LogP contribution in [0.4, 0.5) is 3.89 Å². The van der Waals surface area contributed by atoms with Gasteiger partial charge in [-0.15, -0.1) is 3.89 Å². The summed E-state index contributed by atoms with van der Waals surface area (Å²) in [6.07, 6.45) is 1.99. The molecule has 0 bridgehead atoms. The zero-order chi connectivity index (χ0) is 14.6. The summed E-state index contributed by atoms with van der Waals surface area (Å²) in [6, 6.07) is -0.965. The molecule has 1 fully saturated rings. The van der Waals surface area contributed by atoms with Gasteiger partial charge in [-0.25, -0.2) is 4.79 Å². The van der Waals surface area contributed by atoms with Crippen LogP contribution in [0, 0.1) is 5.92 Å². The van der Waals surface area contributed by atoms with E-state index in [1.54, 1.807) is 0 Å². The first kappa shape index (κ1) is 16.2. The van der Waals surface area contributed by atoms with Crippen molar-refractivity contribution in [3.63, 3.8) is 0 Å². The third-order valence-corrected chi connectivity index (χ3v) is 4.44. The Morgan fingerprint density at radius 3 is 2.74 bits per heavy atom. The zero-order valence-electron chi connectivity index (χ0n) is 10.4. The molecule has 0 aromatic carbocycles. The second kappa shape index (κ2) is 6.56. The minimum Gasteiger partial charge on any atom is -0.480 e. The van der Waals surface area contributed by atoms with Crippen molar-refractivity contribution >= 4 is 33.9 Å². The van der Waals surface area contributed by atoms with Crippen molar-refractivity contribution in [3.05, 3.63) is 0 Å². The van der Waals surface area contributed by atoms with E-state index in [0.717, 1.165) is 4.90 Å². The van der Waals surface area contributed by atoms with E-state index in [9.17, 15) is 21.9 Å². The average Bonchev–Trinajstić information content (AvgIpc) is 2.57. The lowest BCUT2D eigenvalue weighted by Crippen LogP contribution is -2.42. The van der Waals surface area contributed by atoms with Crippen molar-refractivity contribution in [2.75, 3.05) is 24.3 Å². The van der Waals surface area contributed by atoms with Crippen LogP contribution in [-0.2, 0) is 19.8 Å². The molecule has 0 aliphatic carbocycles. The van der Waals surface area contributed by atoms with Gasteiger partial charge in [-0.05, 0) is 18.4 Å². The number of carbonyl (C=O) groups is 2. The summed E-state index contributed by atoms with van der Waals surface area (Å²) in [5.41, 5.74) is 0. The SMILES string of the molecule is CSCCC(C(=O)O)N1CC(CS(=O)(=O)F)CC1=O. The molecule has 0 spiro atoms. The summed E-state index contributed by atoms with van der Waals surface area (Å²) in [5.74, 6) is -2.37. The average molecular weight is 313 g/mol. The second-order valence-electron chi connectivity index (χ2n) is 4.46. The van der Waals surface area contributed by atoms with Crippen LogP contribution < -0.4 is 0 Å². The number of aliphatic carboxylic acids is 1. The molecule has 1 heterocycles. The molecule has 1 N–H and O–H groups in total. The number of carboxylic acids is 1. The molecule has 9 heteroatoms. The highest BCUT2D eigenvalue weighted by Gasteiger charge is 2.38. The van der Waals surface area contributed by atoms with Gasteiger partial charge in [0.05, 0.1) is 5.75 Å². The molecule has 0 aromatic rings. The predicted molar refractivity (Wildman–Crippen MR) is 69.1 cm³/mol. The molecule has 1 aliphatic heterocycles. The Bertz CT molecular complexity index is 453. The fourth-order valence-corrected chi connectivity index (χ4v) is 3.39. The number of hydrogen-bond donors (Lipinski definition) is 1. The maximum absolute atomic E-state index is 12.6. The Labute approximate surface area is 115 Å². The lowest BCUT2D eigenvalue weighted by atomic mass is 10.1. The topological polar surface area (TPSA) is 91.8 Å². The van der Waals surface area contributed by atoms with Crippen LogP contribution in [0.3, 0.4) is 0 Å². The second-order valence-corrected chi connectivity index (χ2v) is 6.85. The van der Waals surface area contributed by atoms with E-state index in [4.69, 9.17) is 5.11 Å². The fourth-order valence-electron chi connectivity index (χ4n) is 2.15. The Hall–Kier alpha value is -0.830. The van der Waals surface area contributed by atoms with Gasteiger partial charge in [-0.3, -0.25) is 4.79 Å². The van der Waals surface area contributed by atoms with Gasteiger partial charge in [-0.1, -0.05) is 0 Å². The third-order valence-electron chi connectivity index (χ3n) is 2.93. The van der Waals surface area contributed by atoms with E-state index in [1.165, 1.54) is 11.8 Å². The van der Waals surface area contributed by atoms with Gasteiger partial charge >= 0.3 is 16.2 Å². The number of thioether (sulfide) groups is 1. The van der Waals surface area contributed by atoms with Crippen molar-refractivity contribution in [2.24, 2.45) is 5.92 Å². The molecule has 19 heavy (non-hydrogen) atoms. The lowest BCUT2D eigenvalue weighted by molar-refractivity contribution is -0.148. The quantitative estimate of drug-likeness (QED) is 0.682. The first-order chi connectivity index (χ1) is 8.74. The first-order valence-electron chi connectivity index (χ1n) is 5.68. The molecule has 110 valence electrons. The normalized spacial score (nSPS) is 21.7. The van der Waals surface area contributed by atoms with E-state index in [1.807, 2.05) is 6.26 Å². The highest BCUT2D eigenvalue weighted by atomic mass is 32.3. The molecule has 2 atom stereocenters. The molecule has 1 saturated heterocycles. The summed E-state index contributed by atoms with van der Waals surface area (Å²) in [7, 11) is -4.65. The summed E-state index contributed by atoms with van der Waals surface area (Å²) < 4.78 is 33.7. The number of carboxylic acid groups (broad SMARTS) is 1. The Morgan fingerprint density at radius 1 is 1.63 bits per heavy atom. The van der Waals surface area contributed by atoms with E-state index < -0.39 is 39.8 Å². The van der Waals surface area contributed by atoms with Crippen LogP contribution in [0.5, 0.6) is 0 Å². The molecule has 6 nitrogen and oxygen atoms in total. The van der Waals surface area contributed by atoms with Gasteiger partial charge in [0.25, 0.3) is 0 Å². The third kappa shape index (κ3) is 4.98. The van der Waals surface area contributed by atoms with Gasteiger partial charge in [0, 0.05) is 18.9 Å². The number of hydrogen-bond acceptors (Lipinski definition) is 5. The van der Waals surface area contributed by atoms with Crippen molar-refractivity contribution in [1.82, 2.24) is 4.90 Å². The van der Waals surface area contributed by atoms with Gasteiger partial charge < -0.3 is 10.0 Å². The van der Waals surface area contributed by atoms with Crippen LogP contribution in [0.15, 0.2) is 0 Å². The van der Waals surface area contributed by atoms with Crippen LogP contribution >= 0.6 is 11.8 Å². The van der Waals surface area contributed by atoms with E-state index in [-0.39, 0.29) is 19.4 Å². The van der Waals surface area contributed by atoms with Crippen LogP contribution in [0.2, 0.25) is 0 Å². The van der Waals surface area contributed by atoms with Crippen molar-refractivity contribution < 1.29 is 27.0 Å². The number of likely N-dealkylation sites (tertiary alicyclic amines) is 1. The van der Waals surface area contributed by atoms with Crippen LogP contribution in [-0.4, -0.2) is 60.6 Å². The molecular weight excluding hydrogens is 297 g/mol. The summed E-state index contributed by atoms with van der Waals surface area (Å²) >= 11 is 1.46. The zero-order valence-corrected chi connectivity index (χ0v) is 12.0. The molecule has 0 radical (unpaired) electrons. The number of rotatable bonds is 7. The van der Waals surface area contributed by atoms with E-state index in [2.05, 4.69) is 0 Å². The smallest absolute Gasteiger partial charge is 0.326 e. The Morgan fingerprint density at radius 2 is 2.26 bits per heavy atom. The Balaban J connectivity index is 2.72. The maximum atomic E-state index is 12.6. The van der Waals surface area contributed by atoms with Gasteiger partial charge in [0.2, 0.25) is 5.91 Å². The largest absolute Gasteiger partial charge is 0.480 e. The summed E-state index contributed by atoms with van der Waals surface area (Å²) in [6.45, 7) is -0.0205. The molecule has 1 aliphatic rings. The van der Waals surface area contributed by atoms with Crippen molar-refractivity contribution in [2.45, 2.75) is 18.9 Å². The van der Waals surface area contributed by atoms with Gasteiger partial charge in [0.1, 0.15) is 6.04 Å². The lowest BCUT2D eigenvalue weighted by Gasteiger charge is -2.24. The molecule has 1 rings (SSSR count). The predicted octanol–water partition coefficient (Wildman–Crippen LogP) is 0.341. The standard InChI is InChI=1S/C10H16FNO5S2/c1-18-3-2-8(10(14)15)12-5-7(4-9(12)13)6-19(11,16)17/h7-8H,2-6H2,1H3,(H,14,15). The van der Waals surface area contributed by atoms with E-state index >= 15 is 0 Å². The fraction of sp³-hybridized carbons (Fsp3) is 0.800. The maximum Gasteiger partial charge on any atom is 0.326 e. The summed E-state index contributed by atoms with van der Waals surface area (Å²) in [4.78, 5) is 24.0. The Kier molecular flexibility index (Phi) is 5.60. The highest BCUT2D eigenvalue weighted by Crippen LogP contribution is 2.24. The van der Waals surface area contributed by atoms with Crippen LogP contribution in [0.25, 0.3) is 0 Å². The molecular formula is C10H16FNO5S2.